The number of rotatable bonds is 2. The molecule has 0 aliphatic carbocycles. The van der Waals surface area contributed by atoms with Gasteiger partial charge in [0.1, 0.15) is 11.5 Å². The molecule has 3 rings (SSSR count). The largest absolute Gasteiger partial charge is 0.643 e. The molecule has 0 bridgehead atoms. The minimum absolute atomic E-state index is 0.0524. The summed E-state index contributed by atoms with van der Waals surface area (Å²) in [5.74, 6) is 0.959. The van der Waals surface area contributed by atoms with E-state index in [4.69, 9.17) is 18.6 Å². The predicted molar refractivity (Wildman–Crippen MR) is 81.3 cm³/mol. The van der Waals surface area contributed by atoms with E-state index in [1.807, 2.05) is 32.9 Å². The quantitative estimate of drug-likeness (QED) is 0.772. The van der Waals surface area contributed by atoms with Gasteiger partial charge < -0.3 is 18.6 Å². The zero-order valence-corrected chi connectivity index (χ0v) is 12.7. The molecular weight excluding hydrogens is 274 g/mol. The molecule has 3 heterocycles. The summed E-state index contributed by atoms with van der Waals surface area (Å²) >= 11 is 1.55. The number of thiophene rings is 1. The van der Waals surface area contributed by atoms with Gasteiger partial charge in [0.25, 0.3) is 0 Å². The van der Waals surface area contributed by atoms with Crippen molar-refractivity contribution in [1.82, 2.24) is 0 Å². The Labute approximate surface area is 123 Å². The number of hydrogen-bond acceptors (Lipinski definition) is 5. The normalized spacial score (nSPS) is 25.1. The fourth-order valence-electron chi connectivity index (χ4n) is 2.03. The van der Waals surface area contributed by atoms with Crippen LogP contribution in [0.1, 0.15) is 20.8 Å². The van der Waals surface area contributed by atoms with Crippen molar-refractivity contribution < 1.29 is 18.6 Å². The summed E-state index contributed by atoms with van der Waals surface area (Å²) < 4.78 is 24.8. The molecule has 0 N–H and O–H groups in total. The maximum Gasteiger partial charge on any atom is 0.643 e. The van der Waals surface area contributed by atoms with Crippen molar-refractivity contribution >= 4 is 35.1 Å². The molecule has 1 aromatic heterocycles. The summed E-state index contributed by atoms with van der Waals surface area (Å²) in [5.41, 5.74) is -0.280. The first-order valence-electron chi connectivity index (χ1n) is 6.51. The minimum Gasteiger partial charge on any atom is -0.519 e. The van der Waals surface area contributed by atoms with Crippen molar-refractivity contribution in [2.24, 2.45) is 0 Å². The molecule has 2 fully saturated rings. The van der Waals surface area contributed by atoms with Crippen LogP contribution < -0.4 is 9.55 Å². The lowest BCUT2D eigenvalue weighted by Crippen LogP contribution is -2.34. The van der Waals surface area contributed by atoms with Crippen LogP contribution in [0, 0.1) is 0 Å². The van der Waals surface area contributed by atoms with Gasteiger partial charge in [-0.15, -0.1) is 0 Å². The van der Waals surface area contributed by atoms with Crippen LogP contribution in [0.3, 0.4) is 0 Å². The van der Waals surface area contributed by atoms with E-state index in [1.165, 1.54) is 0 Å². The summed E-state index contributed by atoms with van der Waals surface area (Å²) in [6.07, 6.45) is 0.0524. The molecule has 4 nitrogen and oxygen atoms in total. The van der Waals surface area contributed by atoms with Gasteiger partial charge in [-0.1, -0.05) is 19.2 Å². The SMILES string of the molecule is C=C1OB(c2ccc(B3OC(C)C(C)(C)O3)s2)OC1=C. The lowest BCUT2D eigenvalue weighted by Gasteiger charge is -2.21. The first kappa shape index (κ1) is 13.8. The summed E-state index contributed by atoms with van der Waals surface area (Å²) in [5, 5.41) is 0. The molecule has 104 valence electrons. The Bertz CT molecular complexity index is 552. The van der Waals surface area contributed by atoms with Crippen LogP contribution in [0.4, 0.5) is 0 Å². The van der Waals surface area contributed by atoms with E-state index < -0.39 is 7.12 Å². The Morgan fingerprint density at radius 2 is 1.65 bits per heavy atom. The molecule has 1 aromatic rings. The highest BCUT2D eigenvalue weighted by atomic mass is 32.1. The molecule has 0 saturated carbocycles. The molecule has 7 heteroatoms. The van der Waals surface area contributed by atoms with E-state index >= 15 is 0 Å². The van der Waals surface area contributed by atoms with Crippen LogP contribution >= 0.6 is 11.3 Å². The Morgan fingerprint density at radius 1 is 1.10 bits per heavy atom. The molecule has 0 aromatic carbocycles. The lowest BCUT2D eigenvalue weighted by atomic mass is 9.86. The monoisotopic (exact) mass is 290 g/mol. The third-order valence-electron chi connectivity index (χ3n) is 3.64. The molecule has 2 aliphatic heterocycles. The van der Waals surface area contributed by atoms with Gasteiger partial charge in [0.2, 0.25) is 0 Å². The standard InChI is InChI=1S/C13H16B2O4S/c1-8-9(2)17-14(16-8)11-6-7-12(20-11)15-18-10(3)13(4,5)19-15/h6-7,10H,1-2H2,3-5H3. The minimum atomic E-state index is -0.458. The zero-order valence-electron chi connectivity index (χ0n) is 11.8. The fraction of sp³-hybridized carbons (Fsp3) is 0.385. The van der Waals surface area contributed by atoms with Crippen LogP contribution in [0.2, 0.25) is 0 Å². The highest BCUT2D eigenvalue weighted by Crippen LogP contribution is 2.27. The average molecular weight is 290 g/mol. The summed E-state index contributed by atoms with van der Waals surface area (Å²) in [4.78, 5) is 0. The fourth-order valence-corrected chi connectivity index (χ4v) is 2.96. The van der Waals surface area contributed by atoms with Gasteiger partial charge >= 0.3 is 14.2 Å². The molecule has 0 spiro atoms. The topological polar surface area (TPSA) is 36.9 Å². The summed E-state index contributed by atoms with van der Waals surface area (Å²) in [6, 6.07) is 3.94. The molecule has 20 heavy (non-hydrogen) atoms. The highest BCUT2D eigenvalue weighted by molar-refractivity contribution is 7.30. The highest BCUT2D eigenvalue weighted by Gasteiger charge is 2.45. The Balaban J connectivity index is 1.75. The molecule has 2 saturated heterocycles. The zero-order chi connectivity index (χ0) is 14.5. The molecule has 0 radical (unpaired) electrons. The van der Waals surface area contributed by atoms with Gasteiger partial charge in [0, 0.05) is 4.78 Å². The molecule has 2 aliphatic rings. The van der Waals surface area contributed by atoms with Crippen molar-refractivity contribution in [3.05, 3.63) is 36.8 Å². The lowest BCUT2D eigenvalue weighted by molar-refractivity contribution is 0.0842. The third kappa shape index (κ3) is 2.30. The Hall–Kier alpha value is -1.17. The van der Waals surface area contributed by atoms with Crippen molar-refractivity contribution in [1.29, 1.82) is 0 Å². The Kier molecular flexibility index (Phi) is 3.23. The van der Waals surface area contributed by atoms with Crippen LogP contribution in [0.25, 0.3) is 0 Å². The van der Waals surface area contributed by atoms with Crippen molar-refractivity contribution in [2.45, 2.75) is 32.5 Å². The van der Waals surface area contributed by atoms with Crippen LogP contribution in [0.5, 0.6) is 0 Å². The maximum atomic E-state index is 5.94. The second kappa shape index (κ2) is 4.69. The van der Waals surface area contributed by atoms with E-state index in [1.54, 1.807) is 11.3 Å². The second-order valence-electron chi connectivity index (χ2n) is 5.49. The van der Waals surface area contributed by atoms with Gasteiger partial charge in [-0.2, -0.15) is 11.3 Å². The molecule has 1 atom stereocenters. The Morgan fingerprint density at radius 3 is 2.15 bits per heavy atom. The summed E-state index contributed by atoms with van der Waals surface area (Å²) in [6.45, 7) is 13.5. The van der Waals surface area contributed by atoms with Gasteiger partial charge in [-0.3, -0.25) is 0 Å². The average Bonchev–Trinajstić information content (AvgIpc) is 3.01. The van der Waals surface area contributed by atoms with Gasteiger partial charge in [0.05, 0.1) is 16.5 Å². The molecule has 1 unspecified atom stereocenters. The van der Waals surface area contributed by atoms with E-state index in [0.717, 1.165) is 9.55 Å². The second-order valence-corrected chi connectivity index (χ2v) is 6.63. The smallest absolute Gasteiger partial charge is 0.519 e. The van der Waals surface area contributed by atoms with Crippen molar-refractivity contribution in [3.63, 3.8) is 0 Å². The van der Waals surface area contributed by atoms with E-state index in [2.05, 4.69) is 13.2 Å². The van der Waals surface area contributed by atoms with Crippen molar-refractivity contribution in [2.75, 3.05) is 0 Å². The van der Waals surface area contributed by atoms with E-state index in [-0.39, 0.29) is 18.8 Å². The van der Waals surface area contributed by atoms with Crippen LogP contribution in [-0.4, -0.2) is 25.9 Å². The first-order valence-corrected chi connectivity index (χ1v) is 7.33. The van der Waals surface area contributed by atoms with Gasteiger partial charge in [-0.25, -0.2) is 0 Å². The summed E-state index contributed by atoms with van der Waals surface area (Å²) in [7, 11) is -0.785. The molecular formula is C13H16B2O4S. The van der Waals surface area contributed by atoms with E-state index in [9.17, 15) is 0 Å². The van der Waals surface area contributed by atoms with Gasteiger partial charge in [0.15, 0.2) is 0 Å². The third-order valence-corrected chi connectivity index (χ3v) is 4.77. The van der Waals surface area contributed by atoms with Crippen molar-refractivity contribution in [3.8, 4) is 0 Å². The first-order chi connectivity index (χ1) is 9.37. The predicted octanol–water partition coefficient (Wildman–Crippen LogP) is 1.43. The number of hydrogen-bond donors (Lipinski definition) is 0. The van der Waals surface area contributed by atoms with Gasteiger partial charge in [-0.05, 0) is 26.8 Å². The molecule has 0 amide bonds. The van der Waals surface area contributed by atoms with E-state index in [0.29, 0.717) is 11.5 Å². The van der Waals surface area contributed by atoms with Crippen LogP contribution in [0.15, 0.2) is 36.8 Å². The van der Waals surface area contributed by atoms with Crippen LogP contribution in [-0.2, 0) is 18.6 Å². The maximum absolute atomic E-state index is 5.94.